The van der Waals surface area contributed by atoms with E-state index < -0.39 is 11.8 Å². The first-order valence-electron chi connectivity index (χ1n) is 11.9. The van der Waals surface area contributed by atoms with Crippen molar-refractivity contribution in [3.05, 3.63) is 63.7 Å². The van der Waals surface area contributed by atoms with Crippen molar-refractivity contribution >= 4 is 46.6 Å². The molecule has 2 aliphatic rings. The summed E-state index contributed by atoms with van der Waals surface area (Å²) in [7, 11) is 0. The Bertz CT molecular complexity index is 1240. The molecule has 178 valence electrons. The highest BCUT2D eigenvalue weighted by Crippen LogP contribution is 2.44. The van der Waals surface area contributed by atoms with E-state index >= 15 is 0 Å². The normalized spacial score (nSPS) is 21.1. The topological polar surface area (TPSA) is 52.7 Å². The van der Waals surface area contributed by atoms with Gasteiger partial charge in [-0.3, -0.25) is 19.8 Å². The van der Waals surface area contributed by atoms with E-state index in [2.05, 4.69) is 50.0 Å². The van der Waals surface area contributed by atoms with Gasteiger partial charge >= 0.3 is 0 Å². The second kappa shape index (κ2) is 8.66. The molecule has 0 bridgehead atoms. The molecule has 34 heavy (non-hydrogen) atoms. The first kappa shape index (κ1) is 24.1. The monoisotopic (exact) mass is 475 g/mol. The molecule has 2 aliphatic heterocycles. The van der Waals surface area contributed by atoms with Crippen LogP contribution in [0.25, 0.3) is 6.08 Å². The Kier molecular flexibility index (Phi) is 6.15. The van der Waals surface area contributed by atoms with Crippen molar-refractivity contribution in [3.8, 4) is 0 Å². The number of nitrogens with one attached hydrogen (secondary N) is 1. The molecular weight excluding hydrogens is 442 g/mol. The molecule has 2 amide bonds. The smallest absolute Gasteiger partial charge is 0.270 e. The van der Waals surface area contributed by atoms with Gasteiger partial charge in [-0.2, -0.15) is 0 Å². The molecule has 4 rings (SSSR count). The first-order valence-corrected chi connectivity index (χ1v) is 12.3. The van der Waals surface area contributed by atoms with Crippen molar-refractivity contribution in [2.24, 2.45) is 0 Å². The molecular formula is C28H33N3O2S. The summed E-state index contributed by atoms with van der Waals surface area (Å²) < 4.78 is 0. The first-order chi connectivity index (χ1) is 16.0. The van der Waals surface area contributed by atoms with E-state index in [1.165, 1.54) is 16.2 Å². The summed E-state index contributed by atoms with van der Waals surface area (Å²) in [5.74, 6) is -0.484. The maximum absolute atomic E-state index is 13.6. The van der Waals surface area contributed by atoms with Crippen LogP contribution in [-0.2, 0) is 9.59 Å². The van der Waals surface area contributed by atoms with Gasteiger partial charge in [0.1, 0.15) is 5.57 Å². The highest BCUT2D eigenvalue weighted by molar-refractivity contribution is 7.80. The van der Waals surface area contributed by atoms with Crippen LogP contribution in [0.3, 0.4) is 0 Å². The summed E-state index contributed by atoms with van der Waals surface area (Å²) >= 11 is 5.39. The molecule has 0 spiro atoms. The standard InChI is InChI=1S/C28H33N3O2S/c1-8-30-24-12-17(3)20(13-21(24)18(4)15-28(30,6)7)14-22-25(32)29-27(34)31(26(22)33)23-11-9-10-16(2)19(23)5/h9-14,18H,8,15H2,1-7H3,(H,29,32,34)/b22-14+/t18-/m1/s1. The second-order valence-corrected chi connectivity index (χ2v) is 10.5. The zero-order valence-corrected chi connectivity index (χ0v) is 21.9. The SMILES string of the molecule is CCN1c2cc(C)c(/C=C3\C(=O)NC(=S)N(c4cccc(C)c4C)C3=O)cc2[C@H](C)CC1(C)C. The molecule has 0 aliphatic carbocycles. The zero-order valence-electron chi connectivity index (χ0n) is 21.1. The number of hydrogen-bond donors (Lipinski definition) is 1. The van der Waals surface area contributed by atoms with Gasteiger partial charge in [-0.25, -0.2) is 0 Å². The number of rotatable bonds is 3. The molecule has 1 fully saturated rings. The van der Waals surface area contributed by atoms with Crippen LogP contribution < -0.4 is 15.1 Å². The number of nitrogens with zero attached hydrogens (tertiary/aromatic N) is 2. The van der Waals surface area contributed by atoms with E-state index in [9.17, 15) is 9.59 Å². The Morgan fingerprint density at radius 1 is 1.12 bits per heavy atom. The lowest BCUT2D eigenvalue weighted by Crippen LogP contribution is -2.54. The minimum Gasteiger partial charge on any atom is -0.366 e. The predicted octanol–water partition coefficient (Wildman–Crippen LogP) is 5.56. The predicted molar refractivity (Wildman–Crippen MR) is 143 cm³/mol. The average molecular weight is 476 g/mol. The third kappa shape index (κ3) is 3.94. The molecule has 0 aromatic heterocycles. The maximum Gasteiger partial charge on any atom is 0.270 e. The van der Waals surface area contributed by atoms with Gasteiger partial charge in [0.15, 0.2) is 5.11 Å². The molecule has 1 saturated heterocycles. The molecule has 1 N–H and O–H groups in total. The van der Waals surface area contributed by atoms with Gasteiger partial charge in [0.2, 0.25) is 0 Å². The van der Waals surface area contributed by atoms with Crippen LogP contribution in [0.4, 0.5) is 11.4 Å². The van der Waals surface area contributed by atoms with E-state index in [0.717, 1.165) is 35.2 Å². The fourth-order valence-electron chi connectivity index (χ4n) is 5.41. The van der Waals surface area contributed by atoms with E-state index in [4.69, 9.17) is 12.2 Å². The van der Waals surface area contributed by atoms with Crippen molar-refractivity contribution < 1.29 is 9.59 Å². The lowest BCUT2D eigenvalue weighted by molar-refractivity contribution is -0.122. The van der Waals surface area contributed by atoms with Crippen LogP contribution in [0.2, 0.25) is 0 Å². The van der Waals surface area contributed by atoms with Crippen molar-refractivity contribution in [1.29, 1.82) is 0 Å². The number of aryl methyl sites for hydroxylation is 2. The van der Waals surface area contributed by atoms with Crippen LogP contribution in [0.15, 0.2) is 35.9 Å². The van der Waals surface area contributed by atoms with Crippen LogP contribution >= 0.6 is 12.2 Å². The third-order valence-corrected chi connectivity index (χ3v) is 7.59. The fourth-order valence-corrected chi connectivity index (χ4v) is 5.69. The summed E-state index contributed by atoms with van der Waals surface area (Å²) in [6.45, 7) is 15.9. The maximum atomic E-state index is 13.6. The molecule has 2 aromatic carbocycles. The number of amides is 2. The third-order valence-electron chi connectivity index (χ3n) is 7.31. The van der Waals surface area contributed by atoms with Crippen molar-refractivity contribution in [2.45, 2.75) is 66.3 Å². The molecule has 1 atom stereocenters. The van der Waals surface area contributed by atoms with Gasteiger partial charge in [0.05, 0.1) is 5.69 Å². The largest absolute Gasteiger partial charge is 0.366 e. The van der Waals surface area contributed by atoms with E-state index in [1.807, 2.05) is 39.0 Å². The van der Waals surface area contributed by atoms with Gasteiger partial charge in [-0.15, -0.1) is 0 Å². The van der Waals surface area contributed by atoms with Crippen molar-refractivity contribution in [3.63, 3.8) is 0 Å². The second-order valence-electron chi connectivity index (χ2n) is 10.1. The van der Waals surface area contributed by atoms with Gasteiger partial charge in [0, 0.05) is 17.8 Å². The molecule has 0 unspecified atom stereocenters. The minimum atomic E-state index is -0.460. The Hall–Kier alpha value is -2.99. The number of anilines is 2. The molecule has 6 heteroatoms. The Balaban J connectivity index is 1.80. The van der Waals surface area contributed by atoms with Gasteiger partial charge in [-0.05, 0) is 118 Å². The lowest BCUT2D eigenvalue weighted by Gasteiger charge is -2.47. The summed E-state index contributed by atoms with van der Waals surface area (Å²) in [5, 5.41) is 2.82. The Morgan fingerprint density at radius 2 is 1.82 bits per heavy atom. The van der Waals surface area contributed by atoms with Crippen LogP contribution in [0.1, 0.15) is 67.9 Å². The van der Waals surface area contributed by atoms with Crippen LogP contribution in [-0.4, -0.2) is 29.0 Å². The number of thiocarbonyl (C=S) groups is 1. The quantitative estimate of drug-likeness (QED) is 0.359. The number of hydrogen-bond acceptors (Lipinski definition) is 4. The molecule has 0 saturated carbocycles. The summed E-state index contributed by atoms with van der Waals surface area (Å²) in [4.78, 5) is 30.3. The van der Waals surface area contributed by atoms with Crippen molar-refractivity contribution in [2.75, 3.05) is 16.3 Å². The highest BCUT2D eigenvalue weighted by atomic mass is 32.1. The van der Waals surface area contributed by atoms with Gasteiger partial charge < -0.3 is 4.90 Å². The number of fused-ring (bicyclic) bond motifs is 1. The number of carbonyl (C=O) groups excluding carboxylic acids is 2. The Morgan fingerprint density at radius 3 is 2.50 bits per heavy atom. The zero-order chi connectivity index (χ0) is 24.9. The van der Waals surface area contributed by atoms with Gasteiger partial charge in [0.25, 0.3) is 11.8 Å². The average Bonchev–Trinajstić information content (AvgIpc) is 2.74. The number of carbonyl (C=O) groups is 2. The van der Waals surface area contributed by atoms with E-state index in [1.54, 1.807) is 6.08 Å². The minimum absolute atomic E-state index is 0.0781. The highest BCUT2D eigenvalue weighted by Gasteiger charge is 2.37. The fraction of sp³-hybridized carbons (Fsp3) is 0.393. The van der Waals surface area contributed by atoms with Crippen LogP contribution in [0, 0.1) is 20.8 Å². The molecule has 5 nitrogen and oxygen atoms in total. The van der Waals surface area contributed by atoms with Gasteiger partial charge in [-0.1, -0.05) is 19.1 Å². The van der Waals surface area contributed by atoms with E-state index in [-0.39, 0.29) is 16.2 Å². The molecule has 2 heterocycles. The molecule has 0 radical (unpaired) electrons. The molecule has 2 aromatic rings. The summed E-state index contributed by atoms with van der Waals surface area (Å²) in [5.41, 5.74) is 7.27. The Labute approximate surface area is 207 Å². The lowest BCUT2D eigenvalue weighted by atomic mass is 9.79. The number of benzene rings is 2. The van der Waals surface area contributed by atoms with Crippen LogP contribution in [0.5, 0.6) is 0 Å². The van der Waals surface area contributed by atoms with E-state index in [0.29, 0.717) is 11.6 Å². The summed E-state index contributed by atoms with van der Waals surface area (Å²) in [6, 6.07) is 10.1. The summed E-state index contributed by atoms with van der Waals surface area (Å²) in [6.07, 6.45) is 2.76. The van der Waals surface area contributed by atoms with Crippen molar-refractivity contribution in [1.82, 2.24) is 5.32 Å².